The van der Waals surface area contributed by atoms with Gasteiger partial charge in [-0.2, -0.15) is 10.1 Å². The van der Waals surface area contributed by atoms with Gasteiger partial charge in [0.2, 0.25) is 5.91 Å². The zero-order valence-electron chi connectivity index (χ0n) is 22.4. The number of anilines is 4. The zero-order chi connectivity index (χ0) is 27.6. The van der Waals surface area contributed by atoms with E-state index in [1.54, 1.807) is 37.4 Å². The summed E-state index contributed by atoms with van der Waals surface area (Å²) in [6.45, 7) is 7.21. The lowest BCUT2D eigenvalue weighted by atomic mass is 10.2. The molecule has 2 amide bonds. The van der Waals surface area contributed by atoms with E-state index in [2.05, 4.69) is 21.1 Å². The third-order valence-electron chi connectivity index (χ3n) is 5.87. The van der Waals surface area contributed by atoms with Crippen LogP contribution in [0, 0.1) is 0 Å². The van der Waals surface area contributed by atoms with Crippen molar-refractivity contribution in [2.45, 2.75) is 27.2 Å². The molecule has 0 saturated heterocycles. The van der Waals surface area contributed by atoms with Gasteiger partial charge in [-0.1, -0.05) is 24.3 Å². The first-order valence-electron chi connectivity index (χ1n) is 12.9. The van der Waals surface area contributed by atoms with Crippen LogP contribution in [0.5, 0.6) is 11.5 Å². The maximum Gasteiger partial charge on any atom is 0.282 e. The summed E-state index contributed by atoms with van der Waals surface area (Å²) in [5, 5.41) is 15.1. The van der Waals surface area contributed by atoms with Gasteiger partial charge in [0.15, 0.2) is 0 Å². The summed E-state index contributed by atoms with van der Waals surface area (Å²) in [6, 6.07) is 22.2. The van der Waals surface area contributed by atoms with Crippen LogP contribution in [0.4, 0.5) is 22.7 Å². The maximum absolute atomic E-state index is 13.1. The monoisotopic (exact) mass is 527 g/mol. The van der Waals surface area contributed by atoms with Gasteiger partial charge in [0.05, 0.1) is 41.6 Å². The summed E-state index contributed by atoms with van der Waals surface area (Å²) < 4.78 is 11.2. The number of carbonyl (C=O) groups is 2. The van der Waals surface area contributed by atoms with Crippen molar-refractivity contribution in [1.82, 2.24) is 0 Å². The fourth-order valence-electron chi connectivity index (χ4n) is 3.99. The number of hydrogen-bond acceptors (Lipinski definition) is 7. The molecule has 1 aliphatic heterocycles. The first-order valence-corrected chi connectivity index (χ1v) is 12.9. The Balaban J connectivity index is 1.32. The quantitative estimate of drug-likeness (QED) is 0.263. The number of hydrogen-bond donors (Lipinski definition) is 3. The fourth-order valence-corrected chi connectivity index (χ4v) is 3.99. The van der Waals surface area contributed by atoms with E-state index in [-0.39, 0.29) is 18.2 Å². The summed E-state index contributed by atoms with van der Waals surface area (Å²) in [5.41, 5.74) is 3.90. The van der Waals surface area contributed by atoms with E-state index >= 15 is 0 Å². The SMILES string of the molecule is CCOc1ccccc1NC=C1C(=O)N(c2ccc(NC(=O)CCNc3ccccc3OCC)cc2)N=C1C. The summed E-state index contributed by atoms with van der Waals surface area (Å²) >= 11 is 0. The van der Waals surface area contributed by atoms with Crippen molar-refractivity contribution < 1.29 is 19.1 Å². The van der Waals surface area contributed by atoms with Gasteiger partial charge in [0.1, 0.15) is 11.5 Å². The summed E-state index contributed by atoms with van der Waals surface area (Å²) in [5.74, 6) is 1.09. The molecular weight excluding hydrogens is 494 g/mol. The van der Waals surface area contributed by atoms with Crippen molar-refractivity contribution in [2.24, 2.45) is 5.10 Å². The molecule has 1 heterocycles. The Hall–Kier alpha value is -4.79. The number of nitrogens with one attached hydrogen (secondary N) is 3. The van der Waals surface area contributed by atoms with Gasteiger partial charge in [-0.15, -0.1) is 0 Å². The van der Waals surface area contributed by atoms with Crippen LogP contribution < -0.4 is 30.4 Å². The van der Waals surface area contributed by atoms with Gasteiger partial charge in [0.25, 0.3) is 5.91 Å². The number of nitrogens with zero attached hydrogens (tertiary/aromatic N) is 2. The minimum Gasteiger partial charge on any atom is -0.492 e. The molecular formula is C30H33N5O4. The predicted octanol–water partition coefficient (Wildman–Crippen LogP) is 5.64. The van der Waals surface area contributed by atoms with Crippen molar-refractivity contribution in [3.8, 4) is 11.5 Å². The summed E-state index contributed by atoms with van der Waals surface area (Å²) in [6.07, 6.45) is 1.93. The minimum atomic E-state index is -0.246. The van der Waals surface area contributed by atoms with Crippen molar-refractivity contribution in [1.29, 1.82) is 0 Å². The Labute approximate surface area is 228 Å². The van der Waals surface area contributed by atoms with Crippen LogP contribution in [0.3, 0.4) is 0 Å². The minimum absolute atomic E-state index is 0.126. The number of rotatable bonds is 12. The highest BCUT2D eigenvalue weighted by atomic mass is 16.5. The molecule has 0 spiro atoms. The van der Waals surface area contributed by atoms with Crippen molar-refractivity contribution in [3.05, 3.63) is 84.6 Å². The third kappa shape index (κ3) is 6.95. The van der Waals surface area contributed by atoms with Gasteiger partial charge >= 0.3 is 0 Å². The van der Waals surface area contributed by atoms with Crippen LogP contribution in [0.15, 0.2) is 89.7 Å². The number of amides is 2. The number of para-hydroxylation sites is 4. The van der Waals surface area contributed by atoms with E-state index in [0.29, 0.717) is 48.2 Å². The molecule has 0 unspecified atom stereocenters. The van der Waals surface area contributed by atoms with Gasteiger partial charge < -0.3 is 25.4 Å². The average Bonchev–Trinajstić information content (AvgIpc) is 3.22. The molecule has 3 aromatic carbocycles. The Morgan fingerprint density at radius 1 is 0.897 bits per heavy atom. The first kappa shape index (κ1) is 27.3. The van der Waals surface area contributed by atoms with E-state index in [4.69, 9.17) is 9.47 Å². The number of benzene rings is 3. The van der Waals surface area contributed by atoms with Crippen LogP contribution in [0.2, 0.25) is 0 Å². The van der Waals surface area contributed by atoms with E-state index < -0.39 is 0 Å². The van der Waals surface area contributed by atoms with Gasteiger partial charge in [-0.25, -0.2) is 0 Å². The second kappa shape index (κ2) is 13.1. The smallest absolute Gasteiger partial charge is 0.282 e. The molecule has 3 N–H and O–H groups in total. The van der Waals surface area contributed by atoms with Crippen molar-refractivity contribution in [3.63, 3.8) is 0 Å². The Morgan fingerprint density at radius 2 is 1.51 bits per heavy atom. The van der Waals surface area contributed by atoms with Crippen LogP contribution in [0.25, 0.3) is 0 Å². The van der Waals surface area contributed by atoms with Crippen LogP contribution in [-0.4, -0.2) is 37.3 Å². The van der Waals surface area contributed by atoms with E-state index in [9.17, 15) is 9.59 Å². The normalized spacial score (nSPS) is 13.7. The largest absolute Gasteiger partial charge is 0.492 e. The molecule has 0 atom stereocenters. The average molecular weight is 528 g/mol. The lowest BCUT2D eigenvalue weighted by Crippen LogP contribution is -2.22. The topological polar surface area (TPSA) is 104 Å². The van der Waals surface area contributed by atoms with E-state index in [0.717, 1.165) is 17.1 Å². The van der Waals surface area contributed by atoms with E-state index in [1.165, 1.54) is 5.01 Å². The molecule has 9 nitrogen and oxygen atoms in total. The van der Waals surface area contributed by atoms with Gasteiger partial charge in [-0.3, -0.25) is 9.59 Å². The Bertz CT molecular complexity index is 1370. The Kier molecular flexibility index (Phi) is 9.18. The predicted molar refractivity (Wildman–Crippen MR) is 156 cm³/mol. The zero-order valence-corrected chi connectivity index (χ0v) is 22.4. The number of carbonyl (C=O) groups excluding carboxylic acids is 2. The number of hydrazone groups is 1. The summed E-state index contributed by atoms with van der Waals surface area (Å²) in [7, 11) is 0. The molecule has 0 saturated carbocycles. The van der Waals surface area contributed by atoms with Crippen molar-refractivity contribution in [2.75, 3.05) is 40.7 Å². The fraction of sp³-hybridized carbons (Fsp3) is 0.233. The second-order valence-corrected chi connectivity index (χ2v) is 8.63. The summed E-state index contributed by atoms with van der Waals surface area (Å²) in [4.78, 5) is 25.6. The molecule has 0 aliphatic carbocycles. The maximum atomic E-state index is 13.1. The highest BCUT2D eigenvalue weighted by molar-refractivity contribution is 6.29. The molecule has 1 aliphatic rings. The molecule has 4 rings (SSSR count). The molecule has 0 fully saturated rings. The van der Waals surface area contributed by atoms with E-state index in [1.807, 2.05) is 62.4 Å². The standard InChI is InChI=1S/C30H33N5O4/c1-4-38-27-12-8-6-10-25(27)31-19-18-29(36)33-22-14-16-23(17-15-22)35-30(37)24(21(3)34-35)20-32-26-11-7-9-13-28(26)39-5-2/h6-17,20,31-32H,4-5,18-19H2,1-3H3,(H,33,36). The second-order valence-electron chi connectivity index (χ2n) is 8.63. The Morgan fingerprint density at radius 3 is 2.18 bits per heavy atom. The third-order valence-corrected chi connectivity index (χ3v) is 5.87. The highest BCUT2D eigenvalue weighted by Crippen LogP contribution is 2.28. The molecule has 0 aromatic heterocycles. The van der Waals surface area contributed by atoms with Crippen LogP contribution in [-0.2, 0) is 9.59 Å². The number of ether oxygens (including phenoxy) is 2. The van der Waals surface area contributed by atoms with Crippen LogP contribution in [0.1, 0.15) is 27.2 Å². The van der Waals surface area contributed by atoms with Crippen molar-refractivity contribution >= 4 is 40.3 Å². The first-order chi connectivity index (χ1) is 19.0. The molecule has 0 radical (unpaired) electrons. The molecule has 3 aromatic rings. The molecule has 39 heavy (non-hydrogen) atoms. The molecule has 202 valence electrons. The van der Waals surface area contributed by atoms with Crippen LogP contribution >= 0.6 is 0 Å². The van der Waals surface area contributed by atoms with Gasteiger partial charge in [0, 0.05) is 24.9 Å². The van der Waals surface area contributed by atoms with Gasteiger partial charge in [-0.05, 0) is 69.3 Å². The highest BCUT2D eigenvalue weighted by Gasteiger charge is 2.28. The lowest BCUT2D eigenvalue weighted by Gasteiger charge is -2.14. The molecule has 0 bridgehead atoms. The molecule has 9 heteroatoms. The lowest BCUT2D eigenvalue weighted by molar-refractivity contribution is -0.116.